The predicted molar refractivity (Wildman–Crippen MR) is 65.4 cm³/mol. The van der Waals surface area contributed by atoms with Crippen LogP contribution in [0.5, 0.6) is 5.75 Å². The molecule has 0 unspecified atom stereocenters. The molecule has 17 heavy (non-hydrogen) atoms. The van der Waals surface area contributed by atoms with Crippen LogP contribution in [0.4, 0.5) is 13.2 Å². The third-order valence-electron chi connectivity index (χ3n) is 2.12. The monoisotopic (exact) mass is 308 g/mol. The summed E-state index contributed by atoms with van der Waals surface area (Å²) in [6.07, 6.45) is -0.148. The van der Waals surface area contributed by atoms with Crippen LogP contribution in [-0.4, -0.2) is 12.4 Å². The first-order chi connectivity index (χ1) is 7.99. The summed E-state index contributed by atoms with van der Waals surface area (Å²) in [5.74, 6) is -0.157. The molecule has 0 bridgehead atoms. The summed E-state index contributed by atoms with van der Waals surface area (Å²) in [4.78, 5) is 0. The molecule has 0 heterocycles. The number of ether oxygens (including phenoxy) is 1. The third kappa shape index (κ3) is 4.07. The van der Waals surface area contributed by atoms with Crippen molar-refractivity contribution in [2.45, 2.75) is 12.6 Å². The largest absolute Gasteiger partial charge is 0.496 e. The average molecular weight is 309 g/mol. The molecule has 0 atom stereocenters. The SMILES string of the molecule is COc1ccc(C=CCCBr)cc1C(F)(F)F. The van der Waals surface area contributed by atoms with Gasteiger partial charge in [0, 0.05) is 5.33 Å². The maximum atomic E-state index is 12.7. The van der Waals surface area contributed by atoms with Gasteiger partial charge in [0.25, 0.3) is 0 Å². The molecule has 0 aliphatic carbocycles. The Bertz CT molecular complexity index is 399. The number of alkyl halides is 4. The van der Waals surface area contributed by atoms with Crippen LogP contribution in [0, 0.1) is 0 Å². The predicted octanol–water partition coefficient (Wildman–Crippen LogP) is 4.51. The number of hydrogen-bond acceptors (Lipinski definition) is 1. The maximum Gasteiger partial charge on any atom is 0.419 e. The van der Waals surface area contributed by atoms with Crippen molar-refractivity contribution in [3.8, 4) is 5.75 Å². The number of hydrogen-bond donors (Lipinski definition) is 0. The van der Waals surface area contributed by atoms with Gasteiger partial charge >= 0.3 is 6.18 Å². The zero-order valence-corrected chi connectivity index (χ0v) is 10.8. The van der Waals surface area contributed by atoms with E-state index in [1.165, 1.54) is 13.2 Å². The van der Waals surface area contributed by atoms with E-state index in [2.05, 4.69) is 15.9 Å². The van der Waals surface area contributed by atoms with Crippen LogP contribution < -0.4 is 4.74 Å². The average Bonchev–Trinajstić information content (AvgIpc) is 2.28. The Morgan fingerprint density at radius 3 is 2.59 bits per heavy atom. The van der Waals surface area contributed by atoms with E-state index in [9.17, 15) is 13.2 Å². The molecule has 0 aliphatic rings. The van der Waals surface area contributed by atoms with Crippen LogP contribution >= 0.6 is 15.9 Å². The highest BCUT2D eigenvalue weighted by atomic mass is 79.9. The molecular formula is C12H12BrF3O. The van der Waals surface area contributed by atoms with Gasteiger partial charge < -0.3 is 4.74 Å². The second-order valence-corrected chi connectivity index (χ2v) is 4.13. The molecule has 0 aliphatic heterocycles. The zero-order valence-electron chi connectivity index (χ0n) is 9.22. The van der Waals surface area contributed by atoms with E-state index in [1.54, 1.807) is 12.1 Å². The van der Waals surface area contributed by atoms with Crippen LogP contribution in [-0.2, 0) is 6.18 Å². The Kier molecular flexibility index (Phi) is 5.05. The number of rotatable bonds is 4. The number of halogens is 4. The van der Waals surface area contributed by atoms with Crippen LogP contribution in [0.1, 0.15) is 17.5 Å². The van der Waals surface area contributed by atoms with E-state index in [4.69, 9.17) is 4.74 Å². The Balaban J connectivity index is 3.05. The van der Waals surface area contributed by atoms with Gasteiger partial charge in [-0.05, 0) is 24.1 Å². The third-order valence-corrected chi connectivity index (χ3v) is 2.57. The number of methoxy groups -OCH3 is 1. The summed E-state index contributed by atoms with van der Waals surface area (Å²) < 4.78 is 42.8. The van der Waals surface area contributed by atoms with E-state index in [0.29, 0.717) is 5.56 Å². The maximum absolute atomic E-state index is 12.7. The van der Waals surface area contributed by atoms with Crippen molar-refractivity contribution in [2.24, 2.45) is 0 Å². The molecule has 94 valence electrons. The quantitative estimate of drug-likeness (QED) is 0.744. The van der Waals surface area contributed by atoms with Gasteiger partial charge in [0.2, 0.25) is 0 Å². The normalized spacial score (nSPS) is 12.1. The van der Waals surface area contributed by atoms with Gasteiger partial charge in [0.05, 0.1) is 12.7 Å². The van der Waals surface area contributed by atoms with E-state index in [0.717, 1.165) is 17.8 Å². The molecule has 5 heteroatoms. The van der Waals surface area contributed by atoms with Crippen LogP contribution in [0.15, 0.2) is 24.3 Å². The first kappa shape index (κ1) is 14.1. The number of benzene rings is 1. The van der Waals surface area contributed by atoms with E-state index in [-0.39, 0.29) is 5.75 Å². The minimum atomic E-state index is -4.40. The molecule has 1 nitrogen and oxygen atoms in total. The molecule has 0 radical (unpaired) electrons. The Hall–Kier alpha value is -0.970. The van der Waals surface area contributed by atoms with Gasteiger partial charge in [-0.2, -0.15) is 13.2 Å². The Morgan fingerprint density at radius 1 is 1.35 bits per heavy atom. The molecule has 0 amide bonds. The van der Waals surface area contributed by atoms with Crippen molar-refractivity contribution in [1.82, 2.24) is 0 Å². The fourth-order valence-electron chi connectivity index (χ4n) is 1.33. The molecular weight excluding hydrogens is 297 g/mol. The fourth-order valence-corrected chi connectivity index (χ4v) is 1.60. The minimum Gasteiger partial charge on any atom is -0.496 e. The topological polar surface area (TPSA) is 9.23 Å². The van der Waals surface area contributed by atoms with Gasteiger partial charge in [0.15, 0.2) is 0 Å². The van der Waals surface area contributed by atoms with Crippen molar-refractivity contribution in [1.29, 1.82) is 0 Å². The highest BCUT2D eigenvalue weighted by Crippen LogP contribution is 2.36. The van der Waals surface area contributed by atoms with Gasteiger partial charge in [-0.15, -0.1) is 0 Å². The lowest BCUT2D eigenvalue weighted by atomic mass is 10.1. The van der Waals surface area contributed by atoms with Crippen LogP contribution in [0.25, 0.3) is 6.08 Å². The minimum absolute atomic E-state index is 0.157. The summed E-state index contributed by atoms with van der Waals surface area (Å²) in [5.41, 5.74) is -0.236. The van der Waals surface area contributed by atoms with E-state index in [1.807, 2.05) is 6.08 Å². The van der Waals surface area contributed by atoms with Crippen LogP contribution in [0.2, 0.25) is 0 Å². The standard InChI is InChI=1S/C12H12BrF3O/c1-17-11-6-5-9(4-2-3-7-13)8-10(11)12(14,15)16/h2,4-6,8H,3,7H2,1H3. The molecule has 0 saturated heterocycles. The van der Waals surface area contributed by atoms with Crippen LogP contribution in [0.3, 0.4) is 0 Å². The lowest BCUT2D eigenvalue weighted by molar-refractivity contribution is -0.138. The Morgan fingerprint density at radius 2 is 2.06 bits per heavy atom. The molecule has 0 spiro atoms. The molecule has 0 N–H and O–H groups in total. The second-order valence-electron chi connectivity index (χ2n) is 3.34. The molecule has 0 fully saturated rings. The smallest absolute Gasteiger partial charge is 0.419 e. The molecule has 1 rings (SSSR count). The van der Waals surface area contributed by atoms with Crippen molar-refractivity contribution in [3.05, 3.63) is 35.4 Å². The summed E-state index contributed by atoms with van der Waals surface area (Å²) in [5, 5.41) is 0.784. The Labute approximate surface area is 106 Å². The van der Waals surface area contributed by atoms with Gasteiger partial charge in [-0.3, -0.25) is 0 Å². The summed E-state index contributed by atoms with van der Waals surface area (Å²) in [7, 11) is 1.23. The first-order valence-electron chi connectivity index (χ1n) is 4.96. The van der Waals surface area contributed by atoms with E-state index < -0.39 is 11.7 Å². The first-order valence-corrected chi connectivity index (χ1v) is 6.09. The second kappa shape index (κ2) is 6.10. The molecule has 1 aromatic carbocycles. The summed E-state index contributed by atoms with van der Waals surface area (Å²) >= 11 is 3.24. The lowest BCUT2D eigenvalue weighted by Gasteiger charge is -2.12. The van der Waals surface area contributed by atoms with Gasteiger partial charge in [-0.1, -0.05) is 34.1 Å². The molecule has 0 saturated carbocycles. The summed E-state index contributed by atoms with van der Waals surface area (Å²) in [6.45, 7) is 0. The van der Waals surface area contributed by atoms with Crippen molar-refractivity contribution < 1.29 is 17.9 Å². The van der Waals surface area contributed by atoms with Crippen molar-refractivity contribution >= 4 is 22.0 Å². The highest BCUT2D eigenvalue weighted by molar-refractivity contribution is 9.09. The zero-order chi connectivity index (χ0) is 12.9. The van der Waals surface area contributed by atoms with Gasteiger partial charge in [-0.25, -0.2) is 0 Å². The number of allylic oxidation sites excluding steroid dienone is 1. The van der Waals surface area contributed by atoms with Crippen molar-refractivity contribution in [2.75, 3.05) is 12.4 Å². The van der Waals surface area contributed by atoms with Crippen molar-refractivity contribution in [3.63, 3.8) is 0 Å². The molecule has 0 aromatic heterocycles. The molecule has 1 aromatic rings. The fraction of sp³-hybridized carbons (Fsp3) is 0.333. The van der Waals surface area contributed by atoms with E-state index >= 15 is 0 Å². The highest BCUT2D eigenvalue weighted by Gasteiger charge is 2.34. The summed E-state index contributed by atoms with van der Waals surface area (Å²) in [6, 6.07) is 4.01. The lowest BCUT2D eigenvalue weighted by Crippen LogP contribution is -2.07. The van der Waals surface area contributed by atoms with Gasteiger partial charge in [0.1, 0.15) is 5.75 Å².